The van der Waals surface area contributed by atoms with Crippen LogP contribution in [0.2, 0.25) is 0 Å². The van der Waals surface area contributed by atoms with Crippen molar-refractivity contribution in [3.05, 3.63) is 53.6 Å². The number of carbonyl (C=O) groups excluding carboxylic acids is 1. The van der Waals surface area contributed by atoms with E-state index in [4.69, 9.17) is 5.73 Å². The highest BCUT2D eigenvalue weighted by Gasteiger charge is 2.33. The van der Waals surface area contributed by atoms with Gasteiger partial charge in [0.1, 0.15) is 0 Å². The molecule has 2 N–H and O–H groups in total. The summed E-state index contributed by atoms with van der Waals surface area (Å²) in [4.78, 5) is 11.5. The Morgan fingerprint density at radius 3 is 2.38 bits per heavy atom. The van der Waals surface area contributed by atoms with Crippen molar-refractivity contribution < 1.29 is 22.7 Å². The van der Waals surface area contributed by atoms with Crippen molar-refractivity contribution >= 4 is 11.7 Å². The van der Waals surface area contributed by atoms with E-state index in [-0.39, 0.29) is 11.3 Å². The number of rotatable bonds is 2. The fourth-order valence-corrected chi connectivity index (χ4v) is 1.92. The van der Waals surface area contributed by atoms with Gasteiger partial charge in [-0.1, -0.05) is 18.2 Å². The van der Waals surface area contributed by atoms with E-state index in [1.54, 1.807) is 12.1 Å². The summed E-state index contributed by atoms with van der Waals surface area (Å²) >= 11 is 0. The van der Waals surface area contributed by atoms with Gasteiger partial charge in [-0.3, -0.25) is 0 Å². The Morgan fingerprint density at radius 1 is 1.10 bits per heavy atom. The minimum absolute atomic E-state index is 0.264. The van der Waals surface area contributed by atoms with Gasteiger partial charge in [0.25, 0.3) is 0 Å². The minimum atomic E-state index is -4.53. The van der Waals surface area contributed by atoms with Gasteiger partial charge in [0.2, 0.25) is 0 Å². The van der Waals surface area contributed by atoms with Gasteiger partial charge in [-0.05, 0) is 35.4 Å². The van der Waals surface area contributed by atoms with Crippen molar-refractivity contribution in [1.82, 2.24) is 0 Å². The predicted molar refractivity (Wildman–Crippen MR) is 72.6 cm³/mol. The molecule has 6 heteroatoms. The number of esters is 1. The maximum atomic E-state index is 12.9. The summed E-state index contributed by atoms with van der Waals surface area (Å²) in [6.07, 6.45) is -4.53. The zero-order valence-electron chi connectivity index (χ0n) is 11.1. The van der Waals surface area contributed by atoms with E-state index in [9.17, 15) is 18.0 Å². The Balaban J connectivity index is 2.50. The van der Waals surface area contributed by atoms with Crippen LogP contribution in [0.25, 0.3) is 11.1 Å². The van der Waals surface area contributed by atoms with Crippen LogP contribution in [-0.2, 0) is 10.9 Å². The lowest BCUT2D eigenvalue weighted by Gasteiger charge is -2.12. The van der Waals surface area contributed by atoms with E-state index in [1.807, 2.05) is 0 Å². The molecule has 0 heterocycles. The van der Waals surface area contributed by atoms with Crippen molar-refractivity contribution in [3.8, 4) is 11.1 Å². The smallest absolute Gasteiger partial charge is 0.418 e. The molecule has 0 atom stereocenters. The third-order valence-electron chi connectivity index (χ3n) is 2.98. The Hall–Kier alpha value is -2.50. The maximum Gasteiger partial charge on any atom is 0.418 e. The number of anilines is 1. The number of nitrogen functional groups attached to an aromatic ring is 1. The van der Waals surface area contributed by atoms with Crippen molar-refractivity contribution in [1.29, 1.82) is 0 Å². The van der Waals surface area contributed by atoms with Gasteiger partial charge in [0, 0.05) is 5.69 Å². The molecule has 0 saturated carbocycles. The number of methoxy groups -OCH3 is 1. The summed E-state index contributed by atoms with van der Waals surface area (Å²) in [5.41, 5.74) is 5.18. The average molecular weight is 295 g/mol. The van der Waals surface area contributed by atoms with Gasteiger partial charge in [0.05, 0.1) is 18.2 Å². The van der Waals surface area contributed by atoms with Crippen LogP contribution in [0.1, 0.15) is 15.9 Å². The number of nitrogens with two attached hydrogens (primary N) is 1. The van der Waals surface area contributed by atoms with E-state index >= 15 is 0 Å². The van der Waals surface area contributed by atoms with Crippen LogP contribution in [0.15, 0.2) is 42.5 Å². The highest BCUT2D eigenvalue weighted by atomic mass is 19.4. The molecule has 0 bridgehead atoms. The molecule has 2 aromatic carbocycles. The molecular formula is C15H12F3NO2. The first-order valence-electron chi connectivity index (χ1n) is 5.98. The first kappa shape index (κ1) is 14.9. The Morgan fingerprint density at radius 2 is 1.76 bits per heavy atom. The third-order valence-corrected chi connectivity index (χ3v) is 2.98. The molecule has 0 amide bonds. The molecule has 0 aliphatic rings. The fraction of sp³-hybridized carbons (Fsp3) is 0.133. The maximum absolute atomic E-state index is 12.9. The van der Waals surface area contributed by atoms with E-state index in [2.05, 4.69) is 4.74 Å². The van der Waals surface area contributed by atoms with Crippen LogP contribution in [0.4, 0.5) is 18.9 Å². The molecule has 2 rings (SSSR count). The van der Waals surface area contributed by atoms with Crippen LogP contribution >= 0.6 is 0 Å². The number of alkyl halides is 3. The lowest BCUT2D eigenvalue weighted by atomic mass is 10.00. The molecule has 3 nitrogen and oxygen atoms in total. The number of ether oxygens (including phenoxy) is 1. The second-order valence-electron chi connectivity index (χ2n) is 4.37. The van der Waals surface area contributed by atoms with Gasteiger partial charge >= 0.3 is 12.1 Å². The first-order chi connectivity index (χ1) is 9.82. The molecule has 110 valence electrons. The number of hydrogen-bond acceptors (Lipinski definition) is 3. The molecule has 0 aliphatic carbocycles. The number of carbonyl (C=O) groups is 1. The number of hydrogen-bond donors (Lipinski definition) is 1. The van der Waals surface area contributed by atoms with Crippen LogP contribution in [0.3, 0.4) is 0 Å². The normalized spacial score (nSPS) is 11.2. The zero-order valence-corrected chi connectivity index (χ0v) is 11.1. The lowest BCUT2D eigenvalue weighted by molar-refractivity contribution is -0.136. The second-order valence-corrected chi connectivity index (χ2v) is 4.37. The largest absolute Gasteiger partial charge is 0.465 e. The van der Waals surface area contributed by atoms with Gasteiger partial charge in [-0.25, -0.2) is 4.79 Å². The molecular weight excluding hydrogens is 283 g/mol. The average Bonchev–Trinajstić information content (AvgIpc) is 2.46. The third kappa shape index (κ3) is 3.16. The van der Waals surface area contributed by atoms with Crippen molar-refractivity contribution in [2.75, 3.05) is 12.8 Å². The highest BCUT2D eigenvalue weighted by Crippen LogP contribution is 2.36. The van der Waals surface area contributed by atoms with E-state index in [0.29, 0.717) is 11.1 Å². The van der Waals surface area contributed by atoms with E-state index in [0.717, 1.165) is 6.07 Å². The summed E-state index contributed by atoms with van der Waals surface area (Å²) in [6.45, 7) is 0. The molecule has 2 aromatic rings. The predicted octanol–water partition coefficient (Wildman–Crippen LogP) is 3.74. The lowest BCUT2D eigenvalue weighted by Crippen LogP contribution is -2.09. The van der Waals surface area contributed by atoms with Gasteiger partial charge in [-0.2, -0.15) is 13.2 Å². The highest BCUT2D eigenvalue weighted by molar-refractivity contribution is 5.91. The molecule has 0 fully saturated rings. The van der Waals surface area contributed by atoms with Crippen LogP contribution in [0.5, 0.6) is 0 Å². The molecule has 0 saturated heterocycles. The minimum Gasteiger partial charge on any atom is -0.465 e. The van der Waals surface area contributed by atoms with Crippen LogP contribution in [0, 0.1) is 0 Å². The van der Waals surface area contributed by atoms with Crippen molar-refractivity contribution in [2.24, 2.45) is 0 Å². The summed E-state index contributed by atoms with van der Waals surface area (Å²) in [5.74, 6) is -0.552. The molecule has 0 spiro atoms. The summed E-state index contributed by atoms with van der Waals surface area (Å²) in [6, 6.07) is 9.81. The molecule has 0 radical (unpaired) electrons. The van der Waals surface area contributed by atoms with Gasteiger partial charge in [0.15, 0.2) is 0 Å². The van der Waals surface area contributed by atoms with Crippen molar-refractivity contribution in [3.63, 3.8) is 0 Å². The number of halogens is 3. The second kappa shape index (κ2) is 5.47. The standard InChI is InChI=1S/C15H12F3NO2/c1-21-14(20)11-4-2-3-9(7-11)10-5-6-13(19)12(8-10)15(16,17)18/h2-8H,19H2,1H3. The van der Waals surface area contributed by atoms with Crippen LogP contribution < -0.4 is 5.73 Å². The first-order valence-corrected chi connectivity index (χ1v) is 5.98. The summed E-state index contributed by atoms with van der Waals surface area (Å²) < 4.78 is 43.1. The number of benzene rings is 2. The topological polar surface area (TPSA) is 52.3 Å². The molecule has 0 aliphatic heterocycles. The SMILES string of the molecule is COC(=O)c1cccc(-c2ccc(N)c(C(F)(F)F)c2)c1. The molecule has 0 aromatic heterocycles. The van der Waals surface area contributed by atoms with Gasteiger partial charge < -0.3 is 10.5 Å². The summed E-state index contributed by atoms with van der Waals surface area (Å²) in [5, 5.41) is 0. The fourth-order valence-electron chi connectivity index (χ4n) is 1.92. The zero-order chi connectivity index (χ0) is 15.6. The van der Waals surface area contributed by atoms with Crippen molar-refractivity contribution in [2.45, 2.75) is 6.18 Å². The summed E-state index contributed by atoms with van der Waals surface area (Å²) in [7, 11) is 1.24. The van der Waals surface area contributed by atoms with E-state index < -0.39 is 17.7 Å². The quantitative estimate of drug-likeness (QED) is 0.678. The Labute approximate surface area is 119 Å². The van der Waals surface area contributed by atoms with Gasteiger partial charge in [-0.15, -0.1) is 0 Å². The Bertz CT molecular complexity index is 681. The van der Waals surface area contributed by atoms with Crippen LogP contribution in [-0.4, -0.2) is 13.1 Å². The molecule has 21 heavy (non-hydrogen) atoms. The van der Waals surface area contributed by atoms with E-state index in [1.165, 1.54) is 31.4 Å². The monoisotopic (exact) mass is 295 g/mol. The Kier molecular flexibility index (Phi) is 3.88. The molecule has 0 unspecified atom stereocenters.